The number of rotatable bonds is 3. The third-order valence-electron chi connectivity index (χ3n) is 6.34. The summed E-state index contributed by atoms with van der Waals surface area (Å²) in [5.41, 5.74) is 0.275. The molecule has 0 radical (unpaired) electrons. The van der Waals surface area contributed by atoms with Crippen molar-refractivity contribution < 1.29 is 9.13 Å². The van der Waals surface area contributed by atoms with Crippen LogP contribution in [0.3, 0.4) is 0 Å². The predicted molar refractivity (Wildman–Crippen MR) is 102 cm³/mol. The van der Waals surface area contributed by atoms with Crippen LogP contribution in [-0.4, -0.2) is 42.3 Å². The number of benzene rings is 1. The van der Waals surface area contributed by atoms with Gasteiger partial charge in [0.15, 0.2) is 0 Å². The average molecular weight is 372 g/mol. The van der Waals surface area contributed by atoms with Crippen molar-refractivity contribution in [3.05, 3.63) is 28.3 Å². The van der Waals surface area contributed by atoms with Crippen LogP contribution in [0.15, 0.2) is 16.9 Å². The van der Waals surface area contributed by atoms with Crippen LogP contribution >= 0.6 is 0 Å². The van der Waals surface area contributed by atoms with Crippen molar-refractivity contribution in [1.82, 2.24) is 15.3 Å². The topological polar surface area (TPSA) is 70.2 Å². The van der Waals surface area contributed by atoms with Crippen LogP contribution in [-0.2, 0) is 0 Å². The van der Waals surface area contributed by atoms with E-state index < -0.39 is 11.4 Å². The molecule has 2 aliphatic heterocycles. The summed E-state index contributed by atoms with van der Waals surface area (Å²) in [7, 11) is 0. The largest absolute Gasteiger partial charge is 0.490 e. The molecule has 0 unspecified atom stereocenters. The number of anilines is 1. The number of H-pyrrole nitrogens is 1. The van der Waals surface area contributed by atoms with Gasteiger partial charge in [-0.2, -0.15) is 0 Å². The third kappa shape index (κ3) is 3.08. The molecule has 2 saturated heterocycles. The number of aromatic nitrogens is 2. The van der Waals surface area contributed by atoms with Crippen LogP contribution in [0.1, 0.15) is 38.5 Å². The fraction of sp³-hybridized carbons (Fsp3) is 0.600. The molecule has 3 heterocycles. The number of ether oxygens (including phenoxy) is 1. The summed E-state index contributed by atoms with van der Waals surface area (Å²) in [5.74, 6) is 0.433. The first-order chi connectivity index (χ1) is 13.1. The summed E-state index contributed by atoms with van der Waals surface area (Å²) in [5, 5.41) is 3.40. The minimum atomic E-state index is -0.570. The molecule has 1 spiro atoms. The zero-order valence-electron chi connectivity index (χ0n) is 15.4. The Morgan fingerprint density at radius 2 is 1.93 bits per heavy atom. The zero-order chi connectivity index (χ0) is 18.4. The molecule has 5 rings (SSSR count). The van der Waals surface area contributed by atoms with Gasteiger partial charge in [-0.25, -0.2) is 9.37 Å². The second-order valence-electron chi connectivity index (χ2n) is 8.32. The van der Waals surface area contributed by atoms with Crippen molar-refractivity contribution in [2.24, 2.45) is 5.41 Å². The summed E-state index contributed by atoms with van der Waals surface area (Å²) in [6.07, 6.45) is 6.73. The first kappa shape index (κ1) is 17.0. The lowest BCUT2D eigenvalue weighted by Crippen LogP contribution is -2.60. The molecule has 0 amide bonds. The molecule has 1 saturated carbocycles. The Bertz CT molecular complexity index is 908. The van der Waals surface area contributed by atoms with Crippen molar-refractivity contribution in [3.63, 3.8) is 0 Å². The van der Waals surface area contributed by atoms with Crippen molar-refractivity contribution >= 4 is 16.9 Å². The van der Waals surface area contributed by atoms with E-state index in [1.807, 2.05) is 0 Å². The molecular weight excluding hydrogens is 347 g/mol. The Labute approximate surface area is 157 Å². The first-order valence-electron chi connectivity index (χ1n) is 9.98. The Kier molecular flexibility index (Phi) is 4.07. The van der Waals surface area contributed by atoms with Crippen molar-refractivity contribution in [1.29, 1.82) is 0 Å². The number of hydrogen-bond donors (Lipinski definition) is 2. The molecule has 2 aromatic rings. The second kappa shape index (κ2) is 6.48. The SMILES string of the molecule is O=c1[nH]c(N2CC3(CCNCC3)C2)nc2cc(OC3CCCC3)cc(F)c12. The monoisotopic (exact) mass is 372 g/mol. The van der Waals surface area contributed by atoms with Crippen molar-refractivity contribution in [2.75, 3.05) is 31.1 Å². The van der Waals surface area contributed by atoms with E-state index in [9.17, 15) is 9.18 Å². The molecule has 3 aliphatic rings. The number of halogens is 1. The highest BCUT2D eigenvalue weighted by Gasteiger charge is 2.44. The number of fused-ring (bicyclic) bond motifs is 1. The van der Waals surface area contributed by atoms with E-state index in [4.69, 9.17) is 4.74 Å². The van der Waals surface area contributed by atoms with Gasteiger partial charge in [-0.3, -0.25) is 9.78 Å². The van der Waals surface area contributed by atoms with Crippen molar-refractivity contribution in [3.8, 4) is 5.75 Å². The molecule has 1 aliphatic carbocycles. The third-order valence-corrected chi connectivity index (χ3v) is 6.34. The van der Waals surface area contributed by atoms with Crippen LogP contribution in [0.4, 0.5) is 10.3 Å². The van der Waals surface area contributed by atoms with Gasteiger partial charge in [0.05, 0.1) is 11.6 Å². The van der Waals surface area contributed by atoms with Crippen LogP contribution in [0.25, 0.3) is 10.9 Å². The molecule has 6 nitrogen and oxygen atoms in total. The zero-order valence-corrected chi connectivity index (χ0v) is 15.4. The molecule has 0 bridgehead atoms. The Balaban J connectivity index is 1.43. The lowest BCUT2D eigenvalue weighted by atomic mass is 9.72. The Morgan fingerprint density at radius 1 is 1.19 bits per heavy atom. The number of hydrogen-bond acceptors (Lipinski definition) is 5. The minimum absolute atomic E-state index is 0.00891. The lowest BCUT2D eigenvalue weighted by molar-refractivity contribution is 0.148. The van der Waals surface area contributed by atoms with Gasteiger partial charge < -0.3 is 15.0 Å². The number of piperidine rings is 1. The van der Waals surface area contributed by atoms with Gasteiger partial charge in [0, 0.05) is 30.6 Å². The van der Waals surface area contributed by atoms with Crippen LogP contribution in [0.5, 0.6) is 5.75 Å². The van der Waals surface area contributed by atoms with Gasteiger partial charge in [-0.15, -0.1) is 0 Å². The average Bonchev–Trinajstić information content (AvgIpc) is 3.12. The van der Waals surface area contributed by atoms with E-state index in [2.05, 4.69) is 20.2 Å². The first-order valence-corrected chi connectivity index (χ1v) is 9.98. The maximum atomic E-state index is 14.5. The maximum Gasteiger partial charge on any atom is 0.263 e. The lowest BCUT2D eigenvalue weighted by Gasteiger charge is -2.52. The summed E-state index contributed by atoms with van der Waals surface area (Å²) >= 11 is 0. The normalized spacial score (nSPS) is 22.3. The number of nitrogens with zero attached hydrogens (tertiary/aromatic N) is 2. The van der Waals surface area contributed by atoms with Gasteiger partial charge in [0.1, 0.15) is 17.0 Å². The van der Waals surface area contributed by atoms with E-state index in [0.717, 1.165) is 64.7 Å². The van der Waals surface area contributed by atoms with Gasteiger partial charge in [-0.1, -0.05) is 0 Å². The van der Waals surface area contributed by atoms with Gasteiger partial charge in [-0.05, 0) is 51.6 Å². The summed E-state index contributed by atoms with van der Waals surface area (Å²) in [6.45, 7) is 3.87. The summed E-state index contributed by atoms with van der Waals surface area (Å²) in [6, 6.07) is 3.01. The van der Waals surface area contributed by atoms with E-state index in [0.29, 0.717) is 22.6 Å². The van der Waals surface area contributed by atoms with Crippen molar-refractivity contribution in [2.45, 2.75) is 44.6 Å². The highest BCUT2D eigenvalue weighted by Crippen LogP contribution is 2.40. The Morgan fingerprint density at radius 3 is 2.67 bits per heavy atom. The van der Waals surface area contributed by atoms with Crippen LogP contribution < -0.4 is 20.5 Å². The molecule has 144 valence electrons. The summed E-state index contributed by atoms with van der Waals surface area (Å²) < 4.78 is 20.5. The van der Waals surface area contributed by atoms with Crippen LogP contribution in [0.2, 0.25) is 0 Å². The number of aromatic amines is 1. The fourth-order valence-corrected chi connectivity index (χ4v) is 4.79. The van der Waals surface area contributed by atoms with Crippen LogP contribution in [0, 0.1) is 11.2 Å². The quantitative estimate of drug-likeness (QED) is 0.867. The molecular formula is C20H25FN4O2. The van der Waals surface area contributed by atoms with E-state index in [-0.39, 0.29) is 11.5 Å². The standard InChI is InChI=1S/C20H25FN4O2/c21-15-9-14(27-13-3-1-2-4-13)10-16-17(15)18(26)24-19(23-16)25-11-20(12-25)5-7-22-8-6-20/h9-10,13,22H,1-8,11-12H2,(H,23,24,26). The van der Waals surface area contributed by atoms with Gasteiger partial charge in [0.2, 0.25) is 5.95 Å². The second-order valence-corrected chi connectivity index (χ2v) is 8.32. The maximum absolute atomic E-state index is 14.5. The fourth-order valence-electron chi connectivity index (χ4n) is 4.79. The number of nitrogens with one attached hydrogen (secondary N) is 2. The molecule has 7 heteroatoms. The highest BCUT2D eigenvalue weighted by atomic mass is 19.1. The molecule has 0 atom stereocenters. The van der Waals surface area contributed by atoms with E-state index >= 15 is 0 Å². The molecule has 2 N–H and O–H groups in total. The minimum Gasteiger partial charge on any atom is -0.490 e. The molecule has 27 heavy (non-hydrogen) atoms. The molecule has 3 fully saturated rings. The summed E-state index contributed by atoms with van der Waals surface area (Å²) in [4.78, 5) is 21.9. The van der Waals surface area contributed by atoms with Gasteiger partial charge in [0.25, 0.3) is 5.56 Å². The Hall–Kier alpha value is -2.15. The van der Waals surface area contributed by atoms with E-state index in [1.165, 1.54) is 6.07 Å². The van der Waals surface area contributed by atoms with Gasteiger partial charge >= 0.3 is 0 Å². The molecule has 1 aromatic carbocycles. The molecule has 1 aromatic heterocycles. The highest BCUT2D eigenvalue weighted by molar-refractivity contribution is 5.81. The van der Waals surface area contributed by atoms with E-state index in [1.54, 1.807) is 6.07 Å². The predicted octanol–water partition coefficient (Wildman–Crippen LogP) is 2.57. The smallest absolute Gasteiger partial charge is 0.263 e.